The number of piperidine rings is 1. The monoisotopic (exact) mass is 536 g/mol. The number of morpholine rings is 1. The van der Waals surface area contributed by atoms with Crippen molar-refractivity contribution in [1.29, 1.82) is 0 Å². The normalized spacial score (nSPS) is 26.4. The zero-order valence-electron chi connectivity index (χ0n) is 20.4. The summed E-state index contributed by atoms with van der Waals surface area (Å²) in [5.41, 5.74) is 5.34. The molecular formula is C23H32N6O5S2. The summed E-state index contributed by atoms with van der Waals surface area (Å²) in [7, 11) is -3.70. The van der Waals surface area contributed by atoms with Gasteiger partial charge in [-0.1, -0.05) is 0 Å². The van der Waals surface area contributed by atoms with Gasteiger partial charge >= 0.3 is 0 Å². The fourth-order valence-corrected chi connectivity index (χ4v) is 7.90. The maximum Gasteiger partial charge on any atom is 0.252 e. The van der Waals surface area contributed by atoms with Gasteiger partial charge in [0, 0.05) is 69.1 Å². The molecule has 11 nitrogen and oxygen atoms in total. The predicted molar refractivity (Wildman–Crippen MR) is 135 cm³/mol. The van der Waals surface area contributed by atoms with Crippen LogP contribution >= 0.6 is 11.3 Å². The van der Waals surface area contributed by atoms with Crippen molar-refractivity contribution in [3.8, 4) is 0 Å². The summed E-state index contributed by atoms with van der Waals surface area (Å²) in [4.78, 5) is 25.6. The van der Waals surface area contributed by atoms with Gasteiger partial charge in [-0.25, -0.2) is 18.4 Å². The molecular weight excluding hydrogens is 504 g/mol. The second-order valence-corrected chi connectivity index (χ2v) is 13.5. The Balaban J connectivity index is 1.43. The lowest BCUT2D eigenvalue weighted by atomic mass is 9.92. The van der Waals surface area contributed by atoms with Crippen molar-refractivity contribution in [1.82, 2.24) is 19.2 Å². The van der Waals surface area contributed by atoms with Crippen LogP contribution in [-0.2, 0) is 25.2 Å². The van der Waals surface area contributed by atoms with E-state index in [0.29, 0.717) is 55.7 Å². The van der Waals surface area contributed by atoms with Gasteiger partial charge in [-0.2, -0.15) is 4.31 Å². The molecule has 0 amide bonds. The Morgan fingerprint density at radius 1 is 1.17 bits per heavy atom. The molecule has 2 aromatic heterocycles. The van der Waals surface area contributed by atoms with Gasteiger partial charge in [0.05, 0.1) is 29.9 Å². The molecule has 196 valence electrons. The molecule has 0 unspecified atom stereocenters. The summed E-state index contributed by atoms with van der Waals surface area (Å²) in [6.45, 7) is 5.82. The van der Waals surface area contributed by atoms with Gasteiger partial charge in [0.25, 0.3) is 10.0 Å². The first kappa shape index (κ1) is 25.5. The Labute approximate surface area is 214 Å². The van der Waals surface area contributed by atoms with Crippen LogP contribution in [0.4, 0.5) is 10.9 Å². The SMILES string of the molecule is CC(C)(O)c1cnc(N2CCN(S(=O)(=O)c3ccc(N)s3)C[C@@H]2CN2[C@@H]3COC[C@H]2CC(=O)C3)nc1. The number of anilines is 2. The second kappa shape index (κ2) is 9.62. The lowest BCUT2D eigenvalue weighted by Crippen LogP contribution is -2.64. The number of ether oxygens (including phenoxy) is 1. The number of thiophene rings is 1. The summed E-state index contributed by atoms with van der Waals surface area (Å²) < 4.78 is 34.3. The quantitative estimate of drug-likeness (QED) is 0.541. The minimum atomic E-state index is -3.70. The van der Waals surface area contributed by atoms with Gasteiger partial charge in [0.2, 0.25) is 5.95 Å². The number of fused-ring (bicyclic) bond motifs is 2. The van der Waals surface area contributed by atoms with Crippen LogP contribution in [-0.4, -0.2) is 96.0 Å². The molecule has 5 heterocycles. The van der Waals surface area contributed by atoms with Crippen molar-refractivity contribution >= 4 is 38.1 Å². The third kappa shape index (κ3) is 5.00. The number of nitrogens with two attached hydrogens (primary N) is 1. The molecule has 3 saturated heterocycles. The summed E-state index contributed by atoms with van der Waals surface area (Å²) in [6.07, 6.45) is 4.10. The van der Waals surface area contributed by atoms with Crippen molar-refractivity contribution in [3.05, 3.63) is 30.1 Å². The molecule has 0 aliphatic carbocycles. The van der Waals surface area contributed by atoms with Gasteiger partial charge in [-0.15, -0.1) is 11.3 Å². The number of Topliss-reactive ketones (excluding diaryl/α,β-unsaturated/α-hetero) is 1. The second-order valence-electron chi connectivity index (χ2n) is 10.2. The number of piperazine rings is 1. The summed E-state index contributed by atoms with van der Waals surface area (Å²) in [5, 5.41) is 10.7. The van der Waals surface area contributed by atoms with Crippen LogP contribution in [0.15, 0.2) is 28.7 Å². The van der Waals surface area contributed by atoms with Crippen molar-refractivity contribution in [2.45, 2.75) is 54.6 Å². The minimum Gasteiger partial charge on any atom is -0.391 e. The van der Waals surface area contributed by atoms with Gasteiger partial charge in [-0.3, -0.25) is 9.69 Å². The maximum absolute atomic E-state index is 13.4. The van der Waals surface area contributed by atoms with Crippen molar-refractivity contribution < 1.29 is 23.1 Å². The molecule has 0 aromatic carbocycles. The third-order valence-electron chi connectivity index (χ3n) is 7.15. The highest BCUT2D eigenvalue weighted by Gasteiger charge is 2.43. The highest BCUT2D eigenvalue weighted by atomic mass is 32.2. The van der Waals surface area contributed by atoms with Gasteiger partial charge in [-0.05, 0) is 26.0 Å². The molecule has 3 N–H and O–H groups in total. The number of aliphatic hydroxyl groups is 1. The predicted octanol–water partition coefficient (Wildman–Crippen LogP) is 0.660. The molecule has 36 heavy (non-hydrogen) atoms. The van der Waals surface area contributed by atoms with E-state index >= 15 is 0 Å². The van der Waals surface area contributed by atoms with Crippen LogP contribution < -0.4 is 10.6 Å². The molecule has 3 aliphatic rings. The van der Waals surface area contributed by atoms with Crippen LogP contribution in [0.2, 0.25) is 0 Å². The van der Waals surface area contributed by atoms with Crippen LogP contribution in [0.25, 0.3) is 0 Å². The number of rotatable bonds is 6. The Bertz CT molecular complexity index is 1200. The Kier molecular flexibility index (Phi) is 6.81. The maximum atomic E-state index is 13.4. The number of sulfonamides is 1. The fourth-order valence-electron chi connectivity index (χ4n) is 5.18. The van der Waals surface area contributed by atoms with E-state index in [1.807, 2.05) is 4.90 Å². The van der Waals surface area contributed by atoms with E-state index in [1.165, 1.54) is 4.31 Å². The molecule has 5 rings (SSSR count). The Hall–Kier alpha value is -2.16. The largest absolute Gasteiger partial charge is 0.391 e. The number of hydrogen-bond donors (Lipinski definition) is 2. The third-order valence-corrected chi connectivity index (χ3v) is 10.4. The number of carbonyl (C=O) groups is 1. The zero-order chi connectivity index (χ0) is 25.7. The van der Waals surface area contributed by atoms with Gasteiger partial charge < -0.3 is 20.5 Å². The van der Waals surface area contributed by atoms with Gasteiger partial charge in [0.15, 0.2) is 0 Å². The first-order chi connectivity index (χ1) is 17.0. The topological polar surface area (TPSA) is 142 Å². The van der Waals surface area contributed by atoms with Gasteiger partial charge in [0.1, 0.15) is 9.99 Å². The highest BCUT2D eigenvalue weighted by molar-refractivity contribution is 7.91. The molecule has 0 saturated carbocycles. The lowest BCUT2D eigenvalue weighted by Gasteiger charge is -2.49. The van der Waals surface area contributed by atoms with E-state index in [1.54, 1.807) is 38.4 Å². The fraction of sp³-hybridized carbons (Fsp3) is 0.609. The van der Waals surface area contributed by atoms with Crippen LogP contribution in [0.5, 0.6) is 0 Å². The number of nitrogens with zero attached hydrogens (tertiary/aromatic N) is 5. The van der Waals surface area contributed by atoms with Crippen LogP contribution in [0, 0.1) is 0 Å². The molecule has 2 bridgehead atoms. The van der Waals surface area contributed by atoms with Crippen LogP contribution in [0.3, 0.4) is 0 Å². The van der Waals surface area contributed by atoms with E-state index in [4.69, 9.17) is 10.5 Å². The molecule has 0 spiro atoms. The van der Waals surface area contributed by atoms with E-state index < -0.39 is 15.6 Å². The number of ketones is 1. The lowest BCUT2D eigenvalue weighted by molar-refractivity contribution is -0.136. The summed E-state index contributed by atoms with van der Waals surface area (Å²) in [5.74, 6) is 0.731. The first-order valence-electron chi connectivity index (χ1n) is 12.0. The number of nitrogen functional groups attached to an aromatic ring is 1. The average Bonchev–Trinajstić information content (AvgIpc) is 3.26. The minimum absolute atomic E-state index is 0.0191. The van der Waals surface area contributed by atoms with E-state index in [2.05, 4.69) is 14.9 Å². The highest BCUT2D eigenvalue weighted by Crippen LogP contribution is 2.31. The van der Waals surface area contributed by atoms with E-state index in [-0.39, 0.29) is 41.2 Å². The molecule has 2 aromatic rings. The average molecular weight is 537 g/mol. The first-order valence-corrected chi connectivity index (χ1v) is 14.3. The Morgan fingerprint density at radius 2 is 1.83 bits per heavy atom. The van der Waals surface area contributed by atoms with Crippen molar-refractivity contribution in [3.63, 3.8) is 0 Å². The molecule has 0 radical (unpaired) electrons. The summed E-state index contributed by atoms with van der Waals surface area (Å²) in [6, 6.07) is 2.88. The summed E-state index contributed by atoms with van der Waals surface area (Å²) >= 11 is 1.06. The van der Waals surface area contributed by atoms with E-state index in [0.717, 1.165) is 11.3 Å². The Morgan fingerprint density at radius 3 is 2.42 bits per heavy atom. The van der Waals surface area contributed by atoms with Crippen molar-refractivity contribution in [2.24, 2.45) is 0 Å². The molecule has 3 atom stereocenters. The smallest absolute Gasteiger partial charge is 0.252 e. The molecule has 3 fully saturated rings. The standard InChI is InChI=1S/C23H32N6O5S2/c1-23(2,31)15-9-25-22(26-10-15)28-6-5-27(36(32,33)21-4-3-20(24)35-21)11-18(28)12-29-16-7-19(30)8-17(29)14-34-13-16/h3-4,9-10,16-18,31H,5-8,11-14,24H2,1-2H3/t16-,17+,18-/m1/s1. The molecule has 13 heteroatoms. The van der Waals surface area contributed by atoms with E-state index in [9.17, 15) is 18.3 Å². The molecule has 3 aliphatic heterocycles. The van der Waals surface area contributed by atoms with Crippen LogP contribution in [0.1, 0.15) is 32.3 Å². The number of aromatic nitrogens is 2. The zero-order valence-corrected chi connectivity index (χ0v) is 22.0. The van der Waals surface area contributed by atoms with Crippen molar-refractivity contribution in [2.75, 3.05) is 50.0 Å². The number of carbonyl (C=O) groups excluding carboxylic acids is 1. The number of hydrogen-bond acceptors (Lipinski definition) is 11.